The summed E-state index contributed by atoms with van der Waals surface area (Å²) >= 11 is 0. The lowest BCUT2D eigenvalue weighted by atomic mass is 10.1. The van der Waals surface area contributed by atoms with Gasteiger partial charge in [0.25, 0.3) is 0 Å². The second kappa shape index (κ2) is 3.11. The highest BCUT2D eigenvalue weighted by Gasteiger charge is 2.40. The van der Waals surface area contributed by atoms with Crippen LogP contribution in [0.4, 0.5) is 4.39 Å². The van der Waals surface area contributed by atoms with Crippen molar-refractivity contribution in [1.82, 2.24) is 0 Å². The highest BCUT2D eigenvalue weighted by Crippen LogP contribution is 2.48. The molecule has 13 heavy (non-hydrogen) atoms. The van der Waals surface area contributed by atoms with Gasteiger partial charge in [-0.05, 0) is 42.9 Å². The van der Waals surface area contributed by atoms with Gasteiger partial charge in [0.2, 0.25) is 0 Å². The van der Waals surface area contributed by atoms with Crippen LogP contribution < -0.4 is 5.73 Å². The second-order valence-corrected chi connectivity index (χ2v) is 3.92. The molecule has 70 valence electrons. The molecule has 2 heteroatoms. The van der Waals surface area contributed by atoms with Gasteiger partial charge in [-0.2, -0.15) is 0 Å². The first-order valence-electron chi connectivity index (χ1n) is 4.69. The van der Waals surface area contributed by atoms with Crippen molar-refractivity contribution in [3.63, 3.8) is 0 Å². The van der Waals surface area contributed by atoms with Crippen molar-refractivity contribution in [2.24, 2.45) is 11.7 Å². The van der Waals surface area contributed by atoms with Crippen molar-refractivity contribution >= 4 is 0 Å². The fraction of sp³-hybridized carbons (Fsp3) is 0.455. The standard InChI is InChI=1S/C11H14FN/c1-7(13)10-6-11(10)8-2-4-9(12)5-3-8/h2-5,7,10-11H,6,13H2,1H3/t7-,10+,11-/m0/s1. The predicted octanol–water partition coefficient (Wildman–Crippen LogP) is 2.28. The normalized spacial score (nSPS) is 28.5. The maximum Gasteiger partial charge on any atom is 0.123 e. The zero-order valence-electron chi connectivity index (χ0n) is 7.70. The molecule has 1 aliphatic carbocycles. The molecule has 0 saturated heterocycles. The molecule has 2 rings (SSSR count). The van der Waals surface area contributed by atoms with Crippen LogP contribution >= 0.6 is 0 Å². The van der Waals surface area contributed by atoms with Gasteiger partial charge in [0.15, 0.2) is 0 Å². The van der Waals surface area contributed by atoms with Crippen molar-refractivity contribution in [3.05, 3.63) is 35.6 Å². The summed E-state index contributed by atoms with van der Waals surface area (Å²) in [4.78, 5) is 0. The molecular weight excluding hydrogens is 165 g/mol. The Bertz CT molecular complexity index is 291. The number of halogens is 1. The van der Waals surface area contributed by atoms with Crippen LogP contribution in [0.2, 0.25) is 0 Å². The predicted molar refractivity (Wildman–Crippen MR) is 50.9 cm³/mol. The average molecular weight is 179 g/mol. The maximum atomic E-state index is 12.6. The van der Waals surface area contributed by atoms with E-state index in [-0.39, 0.29) is 11.9 Å². The molecule has 1 aromatic rings. The Kier molecular flexibility index (Phi) is 2.08. The number of nitrogens with two attached hydrogens (primary N) is 1. The Morgan fingerprint density at radius 3 is 2.46 bits per heavy atom. The van der Waals surface area contributed by atoms with E-state index in [4.69, 9.17) is 5.73 Å². The molecule has 0 heterocycles. The van der Waals surface area contributed by atoms with Crippen molar-refractivity contribution in [1.29, 1.82) is 0 Å². The van der Waals surface area contributed by atoms with E-state index in [1.54, 1.807) is 0 Å². The molecule has 0 amide bonds. The van der Waals surface area contributed by atoms with Crippen LogP contribution in [0.1, 0.15) is 24.8 Å². The van der Waals surface area contributed by atoms with E-state index in [2.05, 4.69) is 0 Å². The molecule has 1 aromatic carbocycles. The largest absolute Gasteiger partial charge is 0.328 e. The third-order valence-electron chi connectivity index (χ3n) is 2.81. The zero-order chi connectivity index (χ0) is 9.42. The fourth-order valence-corrected chi connectivity index (χ4v) is 1.89. The second-order valence-electron chi connectivity index (χ2n) is 3.92. The molecule has 0 bridgehead atoms. The highest BCUT2D eigenvalue weighted by atomic mass is 19.1. The lowest BCUT2D eigenvalue weighted by molar-refractivity contribution is 0.622. The monoisotopic (exact) mass is 179 g/mol. The van der Waals surface area contributed by atoms with E-state index >= 15 is 0 Å². The minimum absolute atomic E-state index is 0.165. The van der Waals surface area contributed by atoms with Gasteiger partial charge < -0.3 is 5.73 Å². The van der Waals surface area contributed by atoms with E-state index < -0.39 is 0 Å². The SMILES string of the molecule is C[C@H](N)[C@H]1C[C@H]1c1ccc(F)cc1. The first-order chi connectivity index (χ1) is 6.18. The fourth-order valence-electron chi connectivity index (χ4n) is 1.89. The van der Waals surface area contributed by atoms with Gasteiger partial charge in [-0.15, -0.1) is 0 Å². The number of hydrogen-bond acceptors (Lipinski definition) is 1. The molecule has 0 radical (unpaired) electrons. The minimum Gasteiger partial charge on any atom is -0.328 e. The van der Waals surface area contributed by atoms with Gasteiger partial charge in [0.1, 0.15) is 5.82 Å². The molecule has 0 aliphatic heterocycles. The zero-order valence-corrected chi connectivity index (χ0v) is 7.70. The molecular formula is C11H14FN. The molecule has 1 nitrogen and oxygen atoms in total. The van der Waals surface area contributed by atoms with E-state index in [0.29, 0.717) is 11.8 Å². The maximum absolute atomic E-state index is 12.6. The summed E-state index contributed by atoms with van der Waals surface area (Å²) in [7, 11) is 0. The highest BCUT2D eigenvalue weighted by molar-refractivity contribution is 5.26. The van der Waals surface area contributed by atoms with Gasteiger partial charge in [-0.1, -0.05) is 12.1 Å². The van der Waals surface area contributed by atoms with Gasteiger partial charge in [-0.3, -0.25) is 0 Å². The first-order valence-corrected chi connectivity index (χ1v) is 4.69. The Morgan fingerprint density at radius 1 is 1.38 bits per heavy atom. The van der Waals surface area contributed by atoms with Crippen LogP contribution in [-0.2, 0) is 0 Å². The molecule has 0 unspecified atom stereocenters. The summed E-state index contributed by atoms with van der Waals surface area (Å²) in [6, 6.07) is 7.03. The van der Waals surface area contributed by atoms with Crippen LogP contribution in [0.15, 0.2) is 24.3 Å². The summed E-state index contributed by atoms with van der Waals surface area (Å²) in [5.74, 6) is 1.01. The average Bonchev–Trinajstić information content (AvgIpc) is 2.85. The van der Waals surface area contributed by atoms with Gasteiger partial charge in [0, 0.05) is 6.04 Å². The molecule has 1 aliphatic rings. The third kappa shape index (κ3) is 1.73. The summed E-state index contributed by atoms with van der Waals surface area (Å²) < 4.78 is 12.6. The number of rotatable bonds is 2. The minimum atomic E-state index is -0.165. The smallest absolute Gasteiger partial charge is 0.123 e. The molecule has 3 atom stereocenters. The van der Waals surface area contributed by atoms with Gasteiger partial charge >= 0.3 is 0 Å². The summed E-state index contributed by atoms with van der Waals surface area (Å²) in [6.45, 7) is 2.04. The Hall–Kier alpha value is -0.890. The van der Waals surface area contributed by atoms with Gasteiger partial charge in [-0.25, -0.2) is 4.39 Å². The van der Waals surface area contributed by atoms with E-state index in [0.717, 1.165) is 6.42 Å². The van der Waals surface area contributed by atoms with Crippen LogP contribution in [0.25, 0.3) is 0 Å². The summed E-state index contributed by atoms with van der Waals surface area (Å²) in [5.41, 5.74) is 7.01. The molecule has 1 saturated carbocycles. The van der Waals surface area contributed by atoms with Gasteiger partial charge in [0.05, 0.1) is 0 Å². The number of hydrogen-bond donors (Lipinski definition) is 1. The summed E-state index contributed by atoms with van der Waals surface area (Å²) in [5, 5.41) is 0. The Morgan fingerprint density at radius 2 is 2.00 bits per heavy atom. The van der Waals surface area contributed by atoms with Crippen molar-refractivity contribution < 1.29 is 4.39 Å². The molecule has 0 aromatic heterocycles. The number of benzene rings is 1. The van der Waals surface area contributed by atoms with E-state index in [9.17, 15) is 4.39 Å². The quantitative estimate of drug-likeness (QED) is 0.740. The van der Waals surface area contributed by atoms with E-state index in [1.807, 2.05) is 19.1 Å². The molecule has 0 spiro atoms. The third-order valence-corrected chi connectivity index (χ3v) is 2.81. The topological polar surface area (TPSA) is 26.0 Å². The lowest BCUT2D eigenvalue weighted by Gasteiger charge is -2.03. The van der Waals surface area contributed by atoms with Crippen LogP contribution in [0, 0.1) is 11.7 Å². The Balaban J connectivity index is 2.08. The van der Waals surface area contributed by atoms with Crippen molar-refractivity contribution in [2.45, 2.75) is 25.3 Å². The molecule has 1 fully saturated rings. The van der Waals surface area contributed by atoms with Crippen molar-refractivity contribution in [3.8, 4) is 0 Å². The van der Waals surface area contributed by atoms with Crippen LogP contribution in [-0.4, -0.2) is 6.04 Å². The first kappa shape index (κ1) is 8.70. The van der Waals surface area contributed by atoms with Crippen LogP contribution in [0.3, 0.4) is 0 Å². The van der Waals surface area contributed by atoms with E-state index in [1.165, 1.54) is 17.7 Å². The Labute approximate surface area is 77.8 Å². The molecule has 2 N–H and O–H groups in total. The van der Waals surface area contributed by atoms with Crippen LogP contribution in [0.5, 0.6) is 0 Å². The van der Waals surface area contributed by atoms with Crippen molar-refractivity contribution in [2.75, 3.05) is 0 Å². The lowest BCUT2D eigenvalue weighted by Crippen LogP contribution is -2.17. The summed E-state index contributed by atoms with van der Waals surface area (Å²) in [6.07, 6.45) is 1.16.